The van der Waals surface area contributed by atoms with Crippen LogP contribution in [-0.4, -0.2) is 23.7 Å². The van der Waals surface area contributed by atoms with Gasteiger partial charge in [-0.05, 0) is 26.7 Å². The number of allylic oxidation sites excluding steroid dienone is 1. The van der Waals surface area contributed by atoms with Crippen LogP contribution in [0.2, 0.25) is 0 Å². The van der Waals surface area contributed by atoms with Crippen LogP contribution in [0, 0.1) is 5.92 Å². The van der Waals surface area contributed by atoms with Crippen molar-refractivity contribution in [2.45, 2.75) is 46.5 Å². The van der Waals surface area contributed by atoms with E-state index in [9.17, 15) is 9.59 Å². The Morgan fingerprint density at radius 3 is 2.41 bits per heavy atom. The molecule has 0 aliphatic heterocycles. The predicted octanol–water partition coefficient (Wildman–Crippen LogP) is 2.78. The molecule has 1 atom stereocenters. The van der Waals surface area contributed by atoms with Crippen molar-refractivity contribution in [3.63, 3.8) is 0 Å². The van der Waals surface area contributed by atoms with Gasteiger partial charge in [0, 0.05) is 5.57 Å². The lowest BCUT2D eigenvalue weighted by atomic mass is 9.99. The highest BCUT2D eigenvalue weighted by atomic mass is 16.5. The molecule has 0 spiro atoms. The van der Waals surface area contributed by atoms with Crippen LogP contribution in [0.3, 0.4) is 0 Å². The van der Waals surface area contributed by atoms with E-state index >= 15 is 0 Å². The number of carboxylic acid groups (broad SMARTS) is 1. The third-order valence-corrected chi connectivity index (χ3v) is 2.53. The number of carbonyl (C=O) groups is 2. The molecular weight excluding hydrogens is 220 g/mol. The summed E-state index contributed by atoms with van der Waals surface area (Å²) in [5.74, 6) is -2.22. The van der Waals surface area contributed by atoms with Crippen LogP contribution in [-0.2, 0) is 14.3 Å². The topological polar surface area (TPSA) is 63.6 Å². The Morgan fingerprint density at radius 1 is 1.29 bits per heavy atom. The zero-order chi connectivity index (χ0) is 13.3. The van der Waals surface area contributed by atoms with Gasteiger partial charge in [0.2, 0.25) is 0 Å². The van der Waals surface area contributed by atoms with Crippen molar-refractivity contribution < 1.29 is 19.4 Å². The molecule has 0 aliphatic carbocycles. The first kappa shape index (κ1) is 15.7. The molecule has 0 bridgehead atoms. The first-order valence-electron chi connectivity index (χ1n) is 6.14. The highest BCUT2D eigenvalue weighted by Crippen LogP contribution is 2.15. The number of rotatable bonds is 8. The van der Waals surface area contributed by atoms with E-state index in [2.05, 4.69) is 6.92 Å². The van der Waals surface area contributed by atoms with Crippen molar-refractivity contribution in [1.82, 2.24) is 0 Å². The normalized spacial score (nSPS) is 13.2. The van der Waals surface area contributed by atoms with Gasteiger partial charge in [-0.1, -0.05) is 25.8 Å². The average molecular weight is 242 g/mol. The second-order valence-electron chi connectivity index (χ2n) is 3.93. The maximum Gasteiger partial charge on any atom is 0.332 e. The molecule has 0 saturated carbocycles. The number of esters is 1. The Kier molecular flexibility index (Phi) is 8.11. The van der Waals surface area contributed by atoms with Gasteiger partial charge in [0.25, 0.3) is 0 Å². The lowest BCUT2D eigenvalue weighted by molar-refractivity contribution is -0.148. The third kappa shape index (κ3) is 6.09. The van der Waals surface area contributed by atoms with E-state index < -0.39 is 17.9 Å². The minimum atomic E-state index is -1.04. The Bertz CT molecular complexity index is 281. The molecule has 0 saturated heterocycles. The van der Waals surface area contributed by atoms with Gasteiger partial charge >= 0.3 is 11.9 Å². The van der Waals surface area contributed by atoms with Crippen molar-refractivity contribution >= 4 is 11.9 Å². The summed E-state index contributed by atoms with van der Waals surface area (Å²) in [4.78, 5) is 22.5. The summed E-state index contributed by atoms with van der Waals surface area (Å²) < 4.78 is 4.82. The monoisotopic (exact) mass is 242 g/mol. The van der Waals surface area contributed by atoms with Crippen LogP contribution in [0.1, 0.15) is 46.5 Å². The molecule has 17 heavy (non-hydrogen) atoms. The quantitative estimate of drug-likeness (QED) is 0.404. The summed E-state index contributed by atoms with van der Waals surface area (Å²) >= 11 is 0. The molecule has 0 radical (unpaired) electrons. The van der Waals surface area contributed by atoms with Crippen LogP contribution in [0.15, 0.2) is 11.6 Å². The molecule has 0 amide bonds. The smallest absolute Gasteiger partial charge is 0.332 e. The number of carboxylic acids is 1. The maximum absolute atomic E-state index is 11.5. The van der Waals surface area contributed by atoms with Gasteiger partial charge in [0.15, 0.2) is 0 Å². The second-order valence-corrected chi connectivity index (χ2v) is 3.93. The van der Waals surface area contributed by atoms with Crippen molar-refractivity contribution in [2.75, 3.05) is 6.61 Å². The van der Waals surface area contributed by atoms with E-state index in [4.69, 9.17) is 9.84 Å². The van der Waals surface area contributed by atoms with Crippen LogP contribution < -0.4 is 0 Å². The third-order valence-electron chi connectivity index (χ3n) is 2.53. The molecule has 0 fully saturated rings. The summed E-state index contributed by atoms with van der Waals surface area (Å²) in [5, 5.41) is 9.04. The predicted molar refractivity (Wildman–Crippen MR) is 65.7 cm³/mol. The van der Waals surface area contributed by atoms with Gasteiger partial charge in [-0.25, -0.2) is 4.79 Å². The lowest BCUT2D eigenvalue weighted by Gasteiger charge is -2.11. The van der Waals surface area contributed by atoms with Gasteiger partial charge < -0.3 is 9.84 Å². The first-order valence-corrected chi connectivity index (χ1v) is 6.14. The highest BCUT2D eigenvalue weighted by Gasteiger charge is 2.23. The summed E-state index contributed by atoms with van der Waals surface area (Å²) in [7, 11) is 0. The van der Waals surface area contributed by atoms with E-state index in [1.165, 1.54) is 0 Å². The first-order chi connectivity index (χ1) is 8.04. The van der Waals surface area contributed by atoms with Crippen LogP contribution in [0.5, 0.6) is 0 Å². The minimum Gasteiger partial charge on any atom is -0.478 e. The Morgan fingerprint density at radius 2 is 1.94 bits per heavy atom. The molecule has 4 nitrogen and oxygen atoms in total. The SMILES string of the molecule is CCCCCC=C(C(=O)O)C(C)C(=O)OCC. The fourth-order valence-corrected chi connectivity index (χ4v) is 1.50. The molecule has 0 heterocycles. The van der Waals surface area contributed by atoms with Gasteiger partial charge in [-0.3, -0.25) is 4.79 Å². The summed E-state index contributed by atoms with van der Waals surface area (Å²) in [6.07, 6.45) is 5.43. The van der Waals surface area contributed by atoms with Crippen LogP contribution in [0.4, 0.5) is 0 Å². The van der Waals surface area contributed by atoms with Gasteiger partial charge in [0.05, 0.1) is 12.5 Å². The summed E-state index contributed by atoms with van der Waals surface area (Å²) in [6, 6.07) is 0. The van der Waals surface area contributed by atoms with E-state index in [0.717, 1.165) is 19.3 Å². The van der Waals surface area contributed by atoms with E-state index in [1.54, 1.807) is 19.9 Å². The summed E-state index contributed by atoms with van der Waals surface area (Å²) in [5.41, 5.74) is 0.138. The van der Waals surface area contributed by atoms with Gasteiger partial charge in [-0.15, -0.1) is 0 Å². The van der Waals surface area contributed by atoms with Gasteiger partial charge in [-0.2, -0.15) is 0 Å². The number of carbonyl (C=O) groups excluding carboxylic acids is 1. The van der Waals surface area contributed by atoms with E-state index in [-0.39, 0.29) is 12.2 Å². The van der Waals surface area contributed by atoms with Crippen molar-refractivity contribution in [2.24, 2.45) is 5.92 Å². The highest BCUT2D eigenvalue weighted by molar-refractivity contribution is 5.94. The van der Waals surface area contributed by atoms with Crippen molar-refractivity contribution in [3.8, 4) is 0 Å². The fourth-order valence-electron chi connectivity index (χ4n) is 1.50. The van der Waals surface area contributed by atoms with E-state index in [0.29, 0.717) is 6.42 Å². The largest absolute Gasteiger partial charge is 0.478 e. The molecule has 1 N–H and O–H groups in total. The molecule has 0 aliphatic rings. The Labute approximate surface area is 103 Å². The maximum atomic E-state index is 11.5. The molecule has 98 valence electrons. The molecule has 0 aromatic heterocycles. The molecule has 0 aromatic rings. The number of ether oxygens (including phenoxy) is 1. The second kappa shape index (κ2) is 8.79. The van der Waals surface area contributed by atoms with E-state index in [1.807, 2.05) is 0 Å². The average Bonchev–Trinajstić information content (AvgIpc) is 2.28. The molecule has 0 aromatic carbocycles. The van der Waals surface area contributed by atoms with Crippen LogP contribution >= 0.6 is 0 Å². The number of unbranched alkanes of at least 4 members (excludes halogenated alkanes) is 3. The Hall–Kier alpha value is -1.32. The lowest BCUT2D eigenvalue weighted by Crippen LogP contribution is -2.21. The fraction of sp³-hybridized carbons (Fsp3) is 0.692. The number of hydrogen-bond acceptors (Lipinski definition) is 3. The number of hydrogen-bond donors (Lipinski definition) is 1. The molecule has 0 rings (SSSR count). The minimum absolute atomic E-state index is 0.138. The van der Waals surface area contributed by atoms with Gasteiger partial charge in [0.1, 0.15) is 0 Å². The standard InChI is InChI=1S/C13H22O4/c1-4-6-7-8-9-11(12(14)15)10(3)13(16)17-5-2/h9-10H,4-8H2,1-3H3,(H,14,15). The summed E-state index contributed by atoms with van der Waals surface area (Å²) in [6.45, 7) is 5.63. The van der Waals surface area contributed by atoms with Crippen LogP contribution in [0.25, 0.3) is 0 Å². The molecular formula is C13H22O4. The number of aliphatic carboxylic acids is 1. The Balaban J connectivity index is 4.50. The zero-order valence-electron chi connectivity index (χ0n) is 10.9. The molecule has 1 unspecified atom stereocenters. The van der Waals surface area contributed by atoms with Crippen molar-refractivity contribution in [1.29, 1.82) is 0 Å². The zero-order valence-corrected chi connectivity index (χ0v) is 10.9. The van der Waals surface area contributed by atoms with Crippen molar-refractivity contribution in [3.05, 3.63) is 11.6 Å². The molecule has 4 heteroatoms.